The van der Waals surface area contributed by atoms with E-state index in [9.17, 15) is 38.3 Å². The van der Waals surface area contributed by atoms with Gasteiger partial charge in [0, 0.05) is 18.1 Å². The average molecular weight is 521 g/mol. The van der Waals surface area contributed by atoms with Crippen LogP contribution in [0.3, 0.4) is 0 Å². The number of hydrogen-bond donors (Lipinski definition) is 3. The van der Waals surface area contributed by atoms with Crippen LogP contribution in [0.1, 0.15) is 54.8 Å². The van der Waals surface area contributed by atoms with Gasteiger partial charge in [-0.2, -0.15) is 18.3 Å². The number of amides is 1. The highest BCUT2D eigenvalue weighted by molar-refractivity contribution is 9.10. The predicted octanol–water partition coefficient (Wildman–Crippen LogP) is 3.22. The largest absolute Gasteiger partial charge is 0.436 e. The molecule has 1 aromatic heterocycles. The van der Waals surface area contributed by atoms with E-state index in [1.165, 1.54) is 31.2 Å². The Hall–Kier alpha value is -2.51. The van der Waals surface area contributed by atoms with Crippen LogP contribution in [0.25, 0.3) is 0 Å². The number of nitrogens with zero attached hydrogens (tertiary/aromatic N) is 3. The fourth-order valence-electron chi connectivity index (χ4n) is 3.29. The van der Waals surface area contributed by atoms with Crippen LogP contribution >= 0.6 is 15.9 Å². The number of carbonyl (C=O) groups is 1. The molecule has 1 heterocycles. The number of carbonyl (C=O) groups excluding carboxylic acids is 1. The first-order valence-corrected chi connectivity index (χ1v) is 10.4. The summed E-state index contributed by atoms with van der Waals surface area (Å²) in [6.07, 6.45) is -4.76. The van der Waals surface area contributed by atoms with E-state index < -0.39 is 47.5 Å². The minimum atomic E-state index is -4.70. The minimum absolute atomic E-state index is 0.150. The van der Waals surface area contributed by atoms with E-state index in [0.29, 0.717) is 12.8 Å². The zero-order valence-corrected chi connectivity index (χ0v) is 18.3. The van der Waals surface area contributed by atoms with Crippen molar-refractivity contribution in [2.75, 3.05) is 6.61 Å². The summed E-state index contributed by atoms with van der Waals surface area (Å²) >= 11 is 2.97. The molecule has 3 N–H and O–H groups in total. The minimum Gasteiger partial charge on any atom is -0.394 e. The van der Waals surface area contributed by atoms with E-state index in [2.05, 4.69) is 26.3 Å². The van der Waals surface area contributed by atoms with Crippen molar-refractivity contribution < 1.29 is 33.1 Å². The number of rotatable bonds is 8. The zero-order chi connectivity index (χ0) is 23.8. The monoisotopic (exact) mass is 520 g/mol. The van der Waals surface area contributed by atoms with Crippen LogP contribution in [0.2, 0.25) is 0 Å². The first-order chi connectivity index (χ1) is 15.0. The van der Waals surface area contributed by atoms with Gasteiger partial charge in [-0.05, 0) is 53.4 Å². The van der Waals surface area contributed by atoms with Gasteiger partial charge in [-0.3, -0.25) is 19.6 Å². The van der Waals surface area contributed by atoms with Gasteiger partial charge in [0.2, 0.25) is 5.91 Å². The summed E-state index contributed by atoms with van der Waals surface area (Å²) in [4.78, 5) is 22.9. The van der Waals surface area contributed by atoms with Gasteiger partial charge in [0.05, 0.1) is 27.7 Å². The second kappa shape index (κ2) is 9.16. The fourth-order valence-corrected chi connectivity index (χ4v) is 4.10. The number of halogens is 4. The van der Waals surface area contributed by atoms with Gasteiger partial charge in [0.15, 0.2) is 5.69 Å². The molecule has 1 aliphatic rings. The topological polar surface area (TPSA) is 131 Å². The van der Waals surface area contributed by atoms with Gasteiger partial charge in [0.25, 0.3) is 5.69 Å². The van der Waals surface area contributed by atoms with Crippen molar-refractivity contribution in [3.63, 3.8) is 0 Å². The van der Waals surface area contributed by atoms with Crippen molar-refractivity contribution in [3.8, 4) is 0 Å². The number of hydrogen-bond acceptors (Lipinski definition) is 6. The molecule has 3 rings (SSSR count). The van der Waals surface area contributed by atoms with E-state index in [-0.39, 0.29) is 27.3 Å². The first kappa shape index (κ1) is 24.1. The smallest absolute Gasteiger partial charge is 0.394 e. The second-order valence-electron chi connectivity index (χ2n) is 7.53. The van der Waals surface area contributed by atoms with E-state index in [4.69, 9.17) is 0 Å². The lowest BCUT2D eigenvalue weighted by atomic mass is 10.0. The lowest BCUT2D eigenvalue weighted by Crippen LogP contribution is -2.44. The van der Waals surface area contributed by atoms with Gasteiger partial charge in [-0.1, -0.05) is 0 Å². The molecule has 0 saturated heterocycles. The lowest BCUT2D eigenvalue weighted by Gasteiger charge is -2.25. The van der Waals surface area contributed by atoms with Crippen molar-refractivity contribution in [1.82, 2.24) is 15.1 Å². The van der Waals surface area contributed by atoms with Crippen molar-refractivity contribution in [2.45, 2.75) is 50.0 Å². The Balaban J connectivity index is 1.80. The number of benzene rings is 1. The quantitative estimate of drug-likeness (QED) is 0.361. The average Bonchev–Trinajstić information content (AvgIpc) is 3.51. The molecule has 174 valence electrons. The van der Waals surface area contributed by atoms with Crippen LogP contribution in [0.5, 0.6) is 0 Å². The number of alkyl halides is 3. The third-order valence-corrected chi connectivity index (χ3v) is 6.00. The molecule has 1 saturated carbocycles. The standard InChI is InChI=1S/C19H20BrF3N4O5/c1-9(26-15(10-2-3-10)14(20)17(25-26)19(21,22)23)18(30)24-13(8-28)16(29)11-4-6-12(7-5-11)27(31)32/h4-7,9-10,13,16,28-29H,2-3,8H2,1H3,(H,24,30). The van der Waals surface area contributed by atoms with E-state index in [1.807, 2.05) is 0 Å². The molecule has 13 heteroatoms. The van der Waals surface area contributed by atoms with Crippen molar-refractivity contribution in [3.05, 3.63) is 55.8 Å². The number of non-ortho nitro benzene ring substituents is 1. The van der Waals surface area contributed by atoms with E-state index in [1.54, 1.807) is 0 Å². The fraction of sp³-hybridized carbons (Fsp3) is 0.474. The summed E-state index contributed by atoms with van der Waals surface area (Å²) in [5.41, 5.74) is -0.834. The Bertz CT molecular complexity index is 1010. The Kier molecular flexibility index (Phi) is 6.91. The molecule has 0 radical (unpaired) electrons. The van der Waals surface area contributed by atoms with Gasteiger partial charge < -0.3 is 15.5 Å². The molecular weight excluding hydrogens is 501 g/mol. The van der Waals surface area contributed by atoms with Crippen LogP contribution in [0.4, 0.5) is 18.9 Å². The Morgan fingerprint density at radius 1 is 1.38 bits per heavy atom. The van der Waals surface area contributed by atoms with Gasteiger partial charge in [-0.15, -0.1) is 0 Å². The van der Waals surface area contributed by atoms with Crippen LogP contribution in [0.15, 0.2) is 28.7 Å². The molecule has 0 aliphatic heterocycles. The molecule has 9 nitrogen and oxygen atoms in total. The first-order valence-electron chi connectivity index (χ1n) is 9.64. The van der Waals surface area contributed by atoms with E-state index >= 15 is 0 Å². The summed E-state index contributed by atoms with van der Waals surface area (Å²) in [5, 5.41) is 36.9. The molecule has 3 unspecified atom stereocenters. The summed E-state index contributed by atoms with van der Waals surface area (Å²) < 4.78 is 40.8. The molecule has 3 atom stereocenters. The molecule has 2 aromatic rings. The summed E-state index contributed by atoms with van der Waals surface area (Å²) in [7, 11) is 0. The Labute approximate surface area is 188 Å². The maximum absolute atomic E-state index is 13.3. The van der Waals surface area contributed by atoms with Crippen molar-refractivity contribution in [1.29, 1.82) is 0 Å². The molecule has 1 amide bonds. The summed E-state index contributed by atoms with van der Waals surface area (Å²) in [5.74, 6) is -0.904. The van der Waals surface area contributed by atoms with Gasteiger partial charge in [0.1, 0.15) is 12.1 Å². The normalized spacial score (nSPS) is 17.0. The Morgan fingerprint density at radius 3 is 2.44 bits per heavy atom. The van der Waals surface area contributed by atoms with Crippen LogP contribution in [0, 0.1) is 10.1 Å². The third-order valence-electron chi connectivity index (χ3n) is 5.22. The highest BCUT2D eigenvalue weighted by atomic mass is 79.9. The summed E-state index contributed by atoms with van der Waals surface area (Å²) in [6.45, 7) is 0.691. The van der Waals surface area contributed by atoms with Gasteiger partial charge >= 0.3 is 6.18 Å². The molecular formula is C19H20BrF3N4O5. The number of aromatic nitrogens is 2. The molecule has 1 aromatic carbocycles. The number of nitro benzene ring substituents is 1. The maximum atomic E-state index is 13.3. The summed E-state index contributed by atoms with van der Waals surface area (Å²) in [6, 6.07) is 2.55. The van der Waals surface area contributed by atoms with Crippen LogP contribution in [-0.2, 0) is 11.0 Å². The third kappa shape index (κ3) is 4.94. The number of aliphatic hydroxyl groups is 2. The van der Waals surface area contributed by atoms with Crippen LogP contribution < -0.4 is 5.32 Å². The Morgan fingerprint density at radius 2 is 1.97 bits per heavy atom. The van der Waals surface area contributed by atoms with Crippen molar-refractivity contribution >= 4 is 27.5 Å². The highest BCUT2D eigenvalue weighted by Gasteiger charge is 2.43. The SMILES string of the molecule is CC(C(=O)NC(CO)C(O)c1ccc([N+](=O)[O-])cc1)n1nc(C(F)(F)F)c(Br)c1C1CC1. The number of nitro groups is 1. The van der Waals surface area contributed by atoms with E-state index in [0.717, 1.165) is 4.68 Å². The molecule has 32 heavy (non-hydrogen) atoms. The molecule has 1 fully saturated rings. The molecule has 1 aliphatic carbocycles. The number of nitrogens with one attached hydrogen (secondary N) is 1. The highest BCUT2D eigenvalue weighted by Crippen LogP contribution is 2.47. The maximum Gasteiger partial charge on any atom is 0.436 e. The zero-order valence-electron chi connectivity index (χ0n) is 16.7. The molecule has 0 spiro atoms. The number of aliphatic hydroxyl groups excluding tert-OH is 2. The van der Waals surface area contributed by atoms with Crippen LogP contribution in [-0.4, -0.2) is 43.5 Å². The van der Waals surface area contributed by atoms with Crippen molar-refractivity contribution in [2.24, 2.45) is 0 Å². The van der Waals surface area contributed by atoms with Gasteiger partial charge in [-0.25, -0.2) is 0 Å². The predicted molar refractivity (Wildman–Crippen MR) is 109 cm³/mol. The second-order valence-corrected chi connectivity index (χ2v) is 8.32. The lowest BCUT2D eigenvalue weighted by molar-refractivity contribution is -0.384. The molecule has 0 bridgehead atoms.